The first-order valence-corrected chi connectivity index (χ1v) is 29.1. The predicted molar refractivity (Wildman–Crippen MR) is 289 cm³/mol. The smallest absolute Gasteiger partial charge is 0.306 e. The fourth-order valence-electron chi connectivity index (χ4n) is 8.39. The number of allylic oxidation sites excluding steroid dienone is 8. The van der Waals surface area contributed by atoms with Crippen molar-refractivity contribution >= 4 is 17.9 Å². The summed E-state index contributed by atoms with van der Waals surface area (Å²) in [7, 11) is 0. The van der Waals surface area contributed by atoms with E-state index in [-0.39, 0.29) is 31.1 Å². The molecule has 0 rings (SSSR count). The summed E-state index contributed by atoms with van der Waals surface area (Å²) in [4.78, 5) is 38.2. The lowest BCUT2D eigenvalue weighted by atomic mass is 10.0. The van der Waals surface area contributed by atoms with Crippen LogP contribution in [0.4, 0.5) is 0 Å². The Balaban J connectivity index is 4.40. The molecule has 0 unspecified atom stereocenters. The van der Waals surface area contributed by atoms with Gasteiger partial charge in [0.1, 0.15) is 13.2 Å². The van der Waals surface area contributed by atoms with Gasteiger partial charge in [0.25, 0.3) is 0 Å². The monoisotopic (exact) mass is 939 g/mol. The molecule has 0 aromatic heterocycles. The molecule has 0 aliphatic rings. The highest BCUT2D eigenvalue weighted by atomic mass is 16.6. The molecule has 0 saturated heterocycles. The highest BCUT2D eigenvalue weighted by Crippen LogP contribution is 2.16. The number of unbranched alkanes of at least 4 members (excludes halogenated alkanes) is 34. The zero-order valence-electron chi connectivity index (χ0n) is 44.7. The molecule has 0 aliphatic carbocycles. The van der Waals surface area contributed by atoms with Crippen molar-refractivity contribution in [2.45, 2.75) is 309 Å². The zero-order chi connectivity index (χ0) is 48.6. The van der Waals surface area contributed by atoms with Crippen molar-refractivity contribution in [3.8, 4) is 0 Å². The highest BCUT2D eigenvalue weighted by Gasteiger charge is 2.19. The quantitative estimate of drug-likeness (QED) is 0.0262. The van der Waals surface area contributed by atoms with Gasteiger partial charge < -0.3 is 14.2 Å². The largest absolute Gasteiger partial charge is 0.462 e. The van der Waals surface area contributed by atoms with Crippen LogP contribution in [-0.4, -0.2) is 37.2 Å². The Bertz CT molecular complexity index is 1170. The maximum atomic E-state index is 12.9. The van der Waals surface area contributed by atoms with Crippen LogP contribution >= 0.6 is 0 Å². The minimum absolute atomic E-state index is 0.0791. The topological polar surface area (TPSA) is 78.9 Å². The molecule has 0 aromatic carbocycles. The number of carbonyl (C=O) groups excluding carboxylic acids is 3. The van der Waals surface area contributed by atoms with Crippen LogP contribution < -0.4 is 0 Å². The fourth-order valence-corrected chi connectivity index (χ4v) is 8.39. The van der Waals surface area contributed by atoms with Crippen LogP contribution in [0.1, 0.15) is 303 Å². The lowest BCUT2D eigenvalue weighted by molar-refractivity contribution is -0.167. The van der Waals surface area contributed by atoms with Crippen LogP contribution in [0.2, 0.25) is 0 Å². The van der Waals surface area contributed by atoms with Gasteiger partial charge in [0.15, 0.2) is 6.10 Å². The van der Waals surface area contributed by atoms with Gasteiger partial charge in [-0.3, -0.25) is 14.4 Å². The first-order chi connectivity index (χ1) is 33.0. The van der Waals surface area contributed by atoms with Gasteiger partial charge in [0, 0.05) is 19.3 Å². The Kier molecular flexibility index (Phi) is 53.8. The number of rotatable bonds is 53. The Morgan fingerprint density at radius 1 is 0.299 bits per heavy atom. The molecule has 0 aliphatic heterocycles. The molecular formula is C61H110O6. The molecule has 0 bridgehead atoms. The van der Waals surface area contributed by atoms with Gasteiger partial charge in [-0.25, -0.2) is 0 Å². The lowest BCUT2D eigenvalue weighted by Gasteiger charge is -2.18. The molecule has 6 heteroatoms. The van der Waals surface area contributed by atoms with Gasteiger partial charge in [-0.1, -0.05) is 249 Å². The van der Waals surface area contributed by atoms with E-state index in [1.807, 2.05) is 0 Å². The second-order valence-electron chi connectivity index (χ2n) is 19.6. The standard InChI is InChI=1S/C61H110O6/c1-4-7-10-13-16-19-22-25-28-30-33-36-39-42-45-48-51-54-60(63)66-57-58(56-65-59(62)53-50-47-44-41-38-35-32-27-24-21-18-15-12-9-6-3)67-61(64)55-52-49-46-43-40-37-34-31-29-26-23-20-17-14-11-8-5-2/h16,19,25-26,28-29,33,36,58H,4-15,17-18,20-24,27,30-32,34-35,37-57H2,1-3H3/b19-16-,28-25-,29-26-,36-33-/t58-/m0/s1. The summed E-state index contributed by atoms with van der Waals surface area (Å²) in [5, 5.41) is 0. The summed E-state index contributed by atoms with van der Waals surface area (Å²) >= 11 is 0. The SMILES string of the molecule is CCCCC/C=C\C/C=C\C/C=C\CCCCCCC(=O)OC[C@H](COC(=O)CCCCCCCCCCCCCCCCC)OC(=O)CCCCCCCCC/C=C\CCCCCCCC. The lowest BCUT2D eigenvalue weighted by Crippen LogP contribution is -2.30. The molecule has 0 aromatic rings. The molecule has 0 heterocycles. The number of ether oxygens (including phenoxy) is 3. The molecule has 0 spiro atoms. The van der Waals surface area contributed by atoms with E-state index in [2.05, 4.69) is 69.4 Å². The van der Waals surface area contributed by atoms with Crippen LogP contribution in [0, 0.1) is 0 Å². The van der Waals surface area contributed by atoms with E-state index in [1.165, 1.54) is 180 Å². The minimum atomic E-state index is -0.782. The molecule has 0 saturated carbocycles. The molecule has 390 valence electrons. The van der Waals surface area contributed by atoms with Gasteiger partial charge in [-0.15, -0.1) is 0 Å². The average molecular weight is 940 g/mol. The van der Waals surface area contributed by atoms with Crippen LogP contribution in [0.3, 0.4) is 0 Å². The van der Waals surface area contributed by atoms with Crippen molar-refractivity contribution in [1.29, 1.82) is 0 Å². The Hall–Kier alpha value is -2.63. The summed E-state index contributed by atoms with van der Waals surface area (Å²) in [6.45, 7) is 6.62. The van der Waals surface area contributed by atoms with E-state index in [0.29, 0.717) is 19.3 Å². The predicted octanol–water partition coefficient (Wildman–Crippen LogP) is 19.4. The van der Waals surface area contributed by atoms with E-state index in [9.17, 15) is 14.4 Å². The Labute approximate surface area is 416 Å². The van der Waals surface area contributed by atoms with Gasteiger partial charge >= 0.3 is 17.9 Å². The molecule has 0 fully saturated rings. The van der Waals surface area contributed by atoms with Crippen molar-refractivity contribution in [2.75, 3.05) is 13.2 Å². The van der Waals surface area contributed by atoms with Crippen LogP contribution in [0.15, 0.2) is 48.6 Å². The first kappa shape index (κ1) is 64.4. The second-order valence-corrected chi connectivity index (χ2v) is 19.6. The summed E-state index contributed by atoms with van der Waals surface area (Å²) in [5.41, 5.74) is 0. The van der Waals surface area contributed by atoms with E-state index >= 15 is 0 Å². The first-order valence-electron chi connectivity index (χ1n) is 29.1. The van der Waals surface area contributed by atoms with E-state index in [0.717, 1.165) is 83.5 Å². The van der Waals surface area contributed by atoms with Crippen LogP contribution in [-0.2, 0) is 28.6 Å². The van der Waals surface area contributed by atoms with Gasteiger partial charge in [-0.05, 0) is 83.5 Å². The molecule has 1 atom stereocenters. The van der Waals surface area contributed by atoms with Gasteiger partial charge in [-0.2, -0.15) is 0 Å². The third-order valence-corrected chi connectivity index (χ3v) is 12.8. The molecule has 0 N–H and O–H groups in total. The summed E-state index contributed by atoms with van der Waals surface area (Å²) in [5.74, 6) is -0.891. The van der Waals surface area contributed by atoms with Crippen LogP contribution in [0.25, 0.3) is 0 Å². The maximum Gasteiger partial charge on any atom is 0.306 e. The van der Waals surface area contributed by atoms with Crippen molar-refractivity contribution < 1.29 is 28.6 Å². The molecule has 0 amide bonds. The van der Waals surface area contributed by atoms with Gasteiger partial charge in [0.2, 0.25) is 0 Å². The number of esters is 3. The number of hydrogen-bond acceptors (Lipinski definition) is 6. The maximum absolute atomic E-state index is 12.9. The minimum Gasteiger partial charge on any atom is -0.462 e. The highest BCUT2D eigenvalue weighted by molar-refractivity contribution is 5.71. The van der Waals surface area contributed by atoms with Crippen molar-refractivity contribution in [2.24, 2.45) is 0 Å². The molecule has 0 radical (unpaired) electrons. The van der Waals surface area contributed by atoms with E-state index in [1.54, 1.807) is 0 Å². The summed E-state index contributed by atoms with van der Waals surface area (Å²) in [6, 6.07) is 0. The van der Waals surface area contributed by atoms with E-state index < -0.39 is 6.10 Å². The second kappa shape index (κ2) is 56.0. The Morgan fingerprint density at radius 2 is 0.537 bits per heavy atom. The summed E-state index contributed by atoms with van der Waals surface area (Å²) < 4.78 is 16.9. The van der Waals surface area contributed by atoms with Crippen LogP contribution in [0.5, 0.6) is 0 Å². The van der Waals surface area contributed by atoms with Crippen molar-refractivity contribution in [3.63, 3.8) is 0 Å². The third kappa shape index (κ3) is 54.2. The summed E-state index contributed by atoms with van der Waals surface area (Å²) in [6.07, 6.45) is 68.1. The molecular weight excluding hydrogens is 829 g/mol. The zero-order valence-corrected chi connectivity index (χ0v) is 44.7. The Morgan fingerprint density at radius 3 is 0.881 bits per heavy atom. The average Bonchev–Trinajstić information content (AvgIpc) is 3.33. The fraction of sp³-hybridized carbons (Fsp3) is 0.820. The number of carbonyl (C=O) groups is 3. The normalized spacial score (nSPS) is 12.3. The van der Waals surface area contributed by atoms with Crippen molar-refractivity contribution in [1.82, 2.24) is 0 Å². The van der Waals surface area contributed by atoms with E-state index in [4.69, 9.17) is 14.2 Å². The van der Waals surface area contributed by atoms with Crippen molar-refractivity contribution in [3.05, 3.63) is 48.6 Å². The number of hydrogen-bond donors (Lipinski definition) is 0. The molecule has 6 nitrogen and oxygen atoms in total. The van der Waals surface area contributed by atoms with Gasteiger partial charge in [0.05, 0.1) is 0 Å². The third-order valence-electron chi connectivity index (χ3n) is 12.8. The molecule has 67 heavy (non-hydrogen) atoms.